The Labute approximate surface area is 175 Å². The van der Waals surface area contributed by atoms with Crippen LogP contribution in [0.5, 0.6) is 0 Å². The first-order valence-electron chi connectivity index (χ1n) is 9.99. The highest BCUT2D eigenvalue weighted by Crippen LogP contribution is 2.37. The third kappa shape index (κ3) is 3.36. The van der Waals surface area contributed by atoms with Gasteiger partial charge in [-0.25, -0.2) is 4.99 Å². The number of carbonyl (C=O) groups excluding carboxylic acids is 3. The molecule has 0 spiro atoms. The Balaban J connectivity index is 1.77. The third-order valence-corrected chi connectivity index (χ3v) is 5.50. The molecule has 0 saturated heterocycles. The number of ketones is 2. The Bertz CT molecular complexity index is 1080. The first kappa shape index (κ1) is 20.1. The molecule has 2 aliphatic carbocycles. The van der Waals surface area contributed by atoms with Crippen molar-refractivity contribution in [3.8, 4) is 0 Å². The van der Waals surface area contributed by atoms with Gasteiger partial charge in [-0.1, -0.05) is 6.08 Å². The number of allylic oxidation sites excluding steroid dienone is 8. The zero-order chi connectivity index (χ0) is 21.4. The summed E-state index contributed by atoms with van der Waals surface area (Å²) in [4.78, 5) is 45.1. The van der Waals surface area contributed by atoms with E-state index >= 15 is 0 Å². The normalized spacial score (nSPS) is 20.3. The summed E-state index contributed by atoms with van der Waals surface area (Å²) in [7, 11) is 5.73. The minimum absolute atomic E-state index is 0.0910. The molecule has 154 valence electrons. The highest BCUT2D eigenvalue weighted by Gasteiger charge is 2.38. The van der Waals surface area contributed by atoms with Crippen LogP contribution in [-0.2, 0) is 14.4 Å². The van der Waals surface area contributed by atoms with E-state index in [9.17, 15) is 14.4 Å². The molecule has 0 atom stereocenters. The van der Waals surface area contributed by atoms with E-state index in [1.165, 1.54) is 6.08 Å². The standard InChI is InChI=1S/C23H24N4O3/c1-24-11-9-14-20-17(26-23(14)30)8-7-15(22(20)29)21-13(10-12-27(2)3)19-16(25-21)5-4-6-18(19)28/h4-8,24H,9-12H2,1-3H3,(H,26,30). The molecule has 0 aromatic rings. The van der Waals surface area contributed by atoms with Gasteiger partial charge in [-0.3, -0.25) is 14.4 Å². The maximum atomic E-state index is 13.5. The van der Waals surface area contributed by atoms with Crippen LogP contribution < -0.4 is 10.6 Å². The van der Waals surface area contributed by atoms with E-state index in [2.05, 4.69) is 15.6 Å². The fraction of sp³-hybridized carbons (Fsp3) is 0.304. The number of nitrogens with one attached hydrogen (secondary N) is 2. The summed E-state index contributed by atoms with van der Waals surface area (Å²) >= 11 is 0. The summed E-state index contributed by atoms with van der Waals surface area (Å²) in [6.07, 6.45) is 9.53. The highest BCUT2D eigenvalue weighted by atomic mass is 16.2. The fourth-order valence-corrected chi connectivity index (χ4v) is 4.00. The monoisotopic (exact) mass is 404 g/mol. The van der Waals surface area contributed by atoms with Crippen LogP contribution in [0.4, 0.5) is 0 Å². The third-order valence-electron chi connectivity index (χ3n) is 5.50. The molecule has 0 unspecified atom stereocenters. The van der Waals surface area contributed by atoms with E-state index < -0.39 is 0 Å². The summed E-state index contributed by atoms with van der Waals surface area (Å²) in [5, 5.41) is 5.80. The molecular formula is C23H24N4O3. The first-order chi connectivity index (χ1) is 14.4. The number of hydrogen-bond acceptors (Lipinski definition) is 6. The Morgan fingerprint density at radius 1 is 1.03 bits per heavy atom. The van der Waals surface area contributed by atoms with Crippen LogP contribution in [0.25, 0.3) is 0 Å². The lowest BCUT2D eigenvalue weighted by atomic mass is 9.85. The number of fused-ring (bicyclic) bond motifs is 2. The van der Waals surface area contributed by atoms with Crippen molar-refractivity contribution in [2.24, 2.45) is 4.99 Å². The molecule has 0 aromatic heterocycles. The van der Waals surface area contributed by atoms with Gasteiger partial charge in [0.05, 0.1) is 28.3 Å². The zero-order valence-corrected chi connectivity index (χ0v) is 17.3. The van der Waals surface area contributed by atoms with E-state index in [0.717, 1.165) is 12.1 Å². The number of Topliss-reactive ketones (excluding diaryl/α,β-unsaturated/α-hetero) is 1. The minimum atomic E-state index is -0.232. The number of aliphatic imine (C=N–C) groups is 1. The van der Waals surface area contributed by atoms with E-state index in [-0.39, 0.29) is 17.5 Å². The van der Waals surface area contributed by atoms with Crippen molar-refractivity contribution in [1.82, 2.24) is 15.5 Å². The van der Waals surface area contributed by atoms with Crippen LogP contribution in [0.2, 0.25) is 0 Å². The largest absolute Gasteiger partial charge is 0.322 e. The van der Waals surface area contributed by atoms with Crippen molar-refractivity contribution in [3.05, 3.63) is 69.6 Å². The van der Waals surface area contributed by atoms with Crippen LogP contribution in [0.15, 0.2) is 74.6 Å². The second-order valence-corrected chi connectivity index (χ2v) is 7.79. The smallest absolute Gasteiger partial charge is 0.252 e. The predicted octanol–water partition coefficient (Wildman–Crippen LogP) is 1.14. The highest BCUT2D eigenvalue weighted by molar-refractivity contribution is 6.38. The van der Waals surface area contributed by atoms with Crippen molar-refractivity contribution in [1.29, 1.82) is 0 Å². The van der Waals surface area contributed by atoms with Crippen LogP contribution in [0.1, 0.15) is 12.8 Å². The SMILES string of the molecule is CNCCC1=C2C(=O)C(C3=NC4=CC=CC(=O)C4=C3CCN(C)C)=CC=C2NC1=O. The molecule has 7 heteroatoms. The zero-order valence-electron chi connectivity index (χ0n) is 17.3. The van der Waals surface area contributed by atoms with Gasteiger partial charge in [0.15, 0.2) is 11.6 Å². The molecule has 0 aromatic carbocycles. The van der Waals surface area contributed by atoms with Crippen LogP contribution in [0, 0.1) is 0 Å². The van der Waals surface area contributed by atoms with Crippen molar-refractivity contribution in [2.45, 2.75) is 12.8 Å². The van der Waals surface area contributed by atoms with Crippen LogP contribution in [0.3, 0.4) is 0 Å². The van der Waals surface area contributed by atoms with Gasteiger partial charge in [-0.2, -0.15) is 0 Å². The van der Waals surface area contributed by atoms with Crippen LogP contribution in [-0.4, -0.2) is 62.3 Å². The average Bonchev–Trinajstić information content (AvgIpc) is 3.23. The second kappa shape index (κ2) is 7.93. The summed E-state index contributed by atoms with van der Waals surface area (Å²) in [6.45, 7) is 1.32. The number of hydrogen-bond donors (Lipinski definition) is 2. The van der Waals surface area contributed by atoms with Gasteiger partial charge in [0.25, 0.3) is 5.91 Å². The number of carbonyl (C=O) groups is 3. The molecule has 30 heavy (non-hydrogen) atoms. The Kier molecular flexibility index (Phi) is 5.32. The predicted molar refractivity (Wildman–Crippen MR) is 115 cm³/mol. The Morgan fingerprint density at radius 2 is 1.83 bits per heavy atom. The van der Waals surface area contributed by atoms with E-state index in [0.29, 0.717) is 58.8 Å². The van der Waals surface area contributed by atoms with Crippen LogP contribution >= 0.6 is 0 Å². The van der Waals surface area contributed by atoms with Gasteiger partial charge in [0, 0.05) is 17.7 Å². The average molecular weight is 404 g/mol. The van der Waals surface area contributed by atoms with Crippen molar-refractivity contribution < 1.29 is 14.4 Å². The maximum Gasteiger partial charge on any atom is 0.252 e. The van der Waals surface area contributed by atoms with E-state index in [1.54, 1.807) is 31.4 Å². The first-order valence-corrected chi connectivity index (χ1v) is 9.99. The molecule has 4 aliphatic rings. The maximum absolute atomic E-state index is 13.5. The lowest BCUT2D eigenvalue weighted by Crippen LogP contribution is -2.23. The number of rotatable bonds is 7. The van der Waals surface area contributed by atoms with Gasteiger partial charge in [-0.15, -0.1) is 0 Å². The molecule has 0 saturated carbocycles. The quantitative estimate of drug-likeness (QED) is 0.664. The lowest BCUT2D eigenvalue weighted by Gasteiger charge is -2.17. The molecule has 2 aliphatic heterocycles. The molecule has 1 amide bonds. The van der Waals surface area contributed by atoms with Crippen molar-refractivity contribution in [2.75, 3.05) is 34.2 Å². The molecule has 0 bridgehead atoms. The van der Waals surface area contributed by atoms with Gasteiger partial charge in [0.2, 0.25) is 0 Å². The molecule has 2 heterocycles. The van der Waals surface area contributed by atoms with Gasteiger partial charge < -0.3 is 15.5 Å². The lowest BCUT2D eigenvalue weighted by molar-refractivity contribution is -0.116. The topological polar surface area (TPSA) is 90.9 Å². The number of nitrogens with zero attached hydrogens (tertiary/aromatic N) is 2. The summed E-state index contributed by atoms with van der Waals surface area (Å²) in [6, 6.07) is 0. The molecule has 0 radical (unpaired) electrons. The van der Waals surface area contributed by atoms with Crippen molar-refractivity contribution >= 4 is 23.2 Å². The molecule has 7 nitrogen and oxygen atoms in total. The summed E-state index contributed by atoms with van der Waals surface area (Å²) in [5.41, 5.74) is 4.36. The van der Waals surface area contributed by atoms with E-state index in [1.807, 2.05) is 19.0 Å². The molecule has 2 N–H and O–H groups in total. The van der Waals surface area contributed by atoms with Gasteiger partial charge in [-0.05, 0) is 70.4 Å². The molecule has 4 rings (SSSR count). The Hall–Kier alpha value is -3.16. The summed E-state index contributed by atoms with van der Waals surface area (Å²) < 4.78 is 0. The van der Waals surface area contributed by atoms with E-state index in [4.69, 9.17) is 0 Å². The molecule has 0 fully saturated rings. The minimum Gasteiger partial charge on any atom is -0.322 e. The van der Waals surface area contributed by atoms with Crippen molar-refractivity contribution in [3.63, 3.8) is 0 Å². The van der Waals surface area contributed by atoms with Gasteiger partial charge >= 0.3 is 0 Å². The van der Waals surface area contributed by atoms with Gasteiger partial charge in [0.1, 0.15) is 0 Å². The fourth-order valence-electron chi connectivity index (χ4n) is 4.00. The Morgan fingerprint density at radius 3 is 2.57 bits per heavy atom. The molecular weight excluding hydrogens is 380 g/mol. The number of amides is 1. The second-order valence-electron chi connectivity index (χ2n) is 7.79. The summed E-state index contributed by atoms with van der Waals surface area (Å²) in [5.74, 6) is -0.546.